The Bertz CT molecular complexity index is 331. The molecule has 0 aliphatic carbocycles. The molecular formula is C11H16BFO3. The third-order valence-corrected chi connectivity index (χ3v) is 2.33. The summed E-state index contributed by atoms with van der Waals surface area (Å²) in [6.45, 7) is 2.08. The third kappa shape index (κ3) is 3.83. The van der Waals surface area contributed by atoms with Crippen LogP contribution in [0.5, 0.6) is 5.75 Å². The van der Waals surface area contributed by atoms with Gasteiger partial charge in [0.25, 0.3) is 0 Å². The molecule has 0 aliphatic heterocycles. The summed E-state index contributed by atoms with van der Waals surface area (Å²) in [5.74, 6) is -0.629. The maximum Gasteiger partial charge on any atom is 0.707 e. The zero-order valence-corrected chi connectivity index (χ0v) is 9.32. The van der Waals surface area contributed by atoms with Crippen molar-refractivity contribution in [2.24, 2.45) is 0 Å². The van der Waals surface area contributed by atoms with Gasteiger partial charge in [-0.05, 0) is 24.5 Å². The molecule has 3 nitrogen and oxygen atoms in total. The minimum Gasteiger partial charge on any atom is -0.510 e. The Morgan fingerprint density at radius 3 is 2.69 bits per heavy atom. The van der Waals surface area contributed by atoms with E-state index in [1.165, 1.54) is 6.07 Å². The van der Waals surface area contributed by atoms with Crippen LogP contribution in [-0.2, 0) is 6.42 Å². The molecule has 0 aliphatic rings. The molecule has 0 bridgehead atoms. The van der Waals surface area contributed by atoms with Crippen molar-refractivity contribution in [2.75, 3.05) is 0 Å². The van der Waals surface area contributed by atoms with Crippen LogP contribution >= 0.6 is 0 Å². The number of aryl methyl sites for hydroxylation is 1. The molecule has 88 valence electrons. The van der Waals surface area contributed by atoms with Crippen molar-refractivity contribution < 1.29 is 19.1 Å². The van der Waals surface area contributed by atoms with E-state index >= 15 is 0 Å². The fourth-order valence-corrected chi connectivity index (χ4v) is 1.52. The summed E-state index contributed by atoms with van der Waals surface area (Å²) in [6, 6.07) is 4.70. The average Bonchev–Trinajstić information content (AvgIpc) is 2.23. The van der Waals surface area contributed by atoms with E-state index in [1.807, 2.05) is 0 Å². The highest BCUT2D eigenvalue weighted by atomic mass is 19.1. The van der Waals surface area contributed by atoms with Crippen LogP contribution in [0.1, 0.15) is 31.7 Å². The van der Waals surface area contributed by atoms with E-state index in [-0.39, 0.29) is 5.75 Å². The first-order chi connectivity index (χ1) is 7.65. The highest BCUT2D eigenvalue weighted by molar-refractivity contribution is 6.33. The SMILES string of the molecule is CCCCCc1cccc(OB(O)O)c1F. The van der Waals surface area contributed by atoms with E-state index in [0.29, 0.717) is 12.0 Å². The summed E-state index contributed by atoms with van der Waals surface area (Å²) in [6.07, 6.45) is 3.68. The van der Waals surface area contributed by atoms with Crippen LogP contribution in [0.4, 0.5) is 4.39 Å². The fraction of sp³-hybridized carbons (Fsp3) is 0.455. The van der Waals surface area contributed by atoms with Gasteiger partial charge in [0.2, 0.25) is 0 Å². The Kier molecular flexibility index (Phi) is 5.28. The number of hydrogen-bond donors (Lipinski definition) is 2. The number of rotatable bonds is 6. The molecule has 0 unspecified atom stereocenters. The summed E-state index contributed by atoms with van der Waals surface area (Å²) in [5, 5.41) is 17.2. The quantitative estimate of drug-likeness (QED) is 0.575. The van der Waals surface area contributed by atoms with Gasteiger partial charge in [0.15, 0.2) is 5.82 Å². The van der Waals surface area contributed by atoms with Crippen molar-refractivity contribution in [3.63, 3.8) is 0 Å². The number of unbranched alkanes of at least 4 members (excludes halogenated alkanes) is 2. The minimum absolute atomic E-state index is 0.121. The first-order valence-corrected chi connectivity index (χ1v) is 5.45. The molecule has 1 rings (SSSR count). The molecule has 0 atom stereocenters. The second kappa shape index (κ2) is 6.50. The van der Waals surface area contributed by atoms with Crippen LogP contribution in [0.15, 0.2) is 18.2 Å². The first kappa shape index (κ1) is 13.0. The Balaban J connectivity index is 2.70. The second-order valence-electron chi connectivity index (χ2n) is 3.63. The number of benzene rings is 1. The molecule has 16 heavy (non-hydrogen) atoms. The standard InChI is InChI=1S/C11H16BFO3/c1-2-3-4-6-9-7-5-8-10(11(9)13)16-12(14)15/h5,7-8,14-15H,2-4,6H2,1H3. The van der Waals surface area contributed by atoms with Gasteiger partial charge in [0.05, 0.1) is 0 Å². The highest BCUT2D eigenvalue weighted by Gasteiger charge is 2.16. The molecule has 0 aromatic heterocycles. The molecular weight excluding hydrogens is 210 g/mol. The van der Waals surface area contributed by atoms with Gasteiger partial charge in [-0.2, -0.15) is 0 Å². The van der Waals surface area contributed by atoms with Crippen molar-refractivity contribution in [2.45, 2.75) is 32.6 Å². The van der Waals surface area contributed by atoms with Gasteiger partial charge in [0, 0.05) is 0 Å². The normalized spacial score (nSPS) is 10.2. The van der Waals surface area contributed by atoms with E-state index in [9.17, 15) is 4.39 Å². The van der Waals surface area contributed by atoms with Gasteiger partial charge in [-0.1, -0.05) is 31.9 Å². The predicted octanol–water partition coefficient (Wildman–Crippen LogP) is 1.91. The van der Waals surface area contributed by atoms with E-state index < -0.39 is 13.1 Å². The number of halogens is 1. The van der Waals surface area contributed by atoms with E-state index in [2.05, 4.69) is 11.6 Å². The Labute approximate surface area is 95.1 Å². The molecule has 2 N–H and O–H groups in total. The van der Waals surface area contributed by atoms with E-state index in [4.69, 9.17) is 10.0 Å². The topological polar surface area (TPSA) is 49.7 Å². The molecule has 0 heterocycles. The molecule has 0 saturated carbocycles. The molecule has 1 aromatic carbocycles. The van der Waals surface area contributed by atoms with Gasteiger partial charge in [-0.25, -0.2) is 4.39 Å². The first-order valence-electron chi connectivity index (χ1n) is 5.45. The summed E-state index contributed by atoms with van der Waals surface area (Å²) in [4.78, 5) is 0. The van der Waals surface area contributed by atoms with Gasteiger partial charge in [-0.15, -0.1) is 0 Å². The zero-order chi connectivity index (χ0) is 12.0. The Morgan fingerprint density at radius 2 is 2.06 bits per heavy atom. The zero-order valence-electron chi connectivity index (χ0n) is 9.32. The average molecular weight is 226 g/mol. The summed E-state index contributed by atoms with van der Waals surface area (Å²) in [7, 11) is -1.99. The van der Waals surface area contributed by atoms with Crippen molar-refractivity contribution in [1.29, 1.82) is 0 Å². The molecule has 0 amide bonds. The third-order valence-electron chi connectivity index (χ3n) is 2.33. The van der Waals surface area contributed by atoms with E-state index in [1.54, 1.807) is 12.1 Å². The Hall–Kier alpha value is -1.07. The predicted molar refractivity (Wildman–Crippen MR) is 60.4 cm³/mol. The maximum absolute atomic E-state index is 13.7. The van der Waals surface area contributed by atoms with Crippen molar-refractivity contribution in [3.05, 3.63) is 29.6 Å². The molecule has 0 saturated heterocycles. The Morgan fingerprint density at radius 1 is 1.31 bits per heavy atom. The number of hydrogen-bond acceptors (Lipinski definition) is 3. The highest BCUT2D eigenvalue weighted by Crippen LogP contribution is 2.22. The lowest BCUT2D eigenvalue weighted by Gasteiger charge is -2.09. The van der Waals surface area contributed by atoms with Crippen LogP contribution < -0.4 is 4.65 Å². The maximum atomic E-state index is 13.7. The fourth-order valence-electron chi connectivity index (χ4n) is 1.52. The van der Waals surface area contributed by atoms with Crippen LogP contribution in [-0.4, -0.2) is 17.4 Å². The lowest BCUT2D eigenvalue weighted by Crippen LogP contribution is -2.21. The molecule has 5 heteroatoms. The molecule has 0 spiro atoms. The van der Waals surface area contributed by atoms with Crippen LogP contribution in [0.25, 0.3) is 0 Å². The van der Waals surface area contributed by atoms with Crippen molar-refractivity contribution >= 4 is 7.32 Å². The van der Waals surface area contributed by atoms with Gasteiger partial charge >= 0.3 is 7.32 Å². The van der Waals surface area contributed by atoms with Crippen LogP contribution in [0.3, 0.4) is 0 Å². The van der Waals surface area contributed by atoms with Crippen molar-refractivity contribution in [1.82, 2.24) is 0 Å². The monoisotopic (exact) mass is 226 g/mol. The summed E-state index contributed by atoms with van der Waals surface area (Å²) in [5.41, 5.74) is 0.548. The lowest BCUT2D eigenvalue weighted by atomic mass is 10.1. The van der Waals surface area contributed by atoms with Gasteiger partial charge < -0.3 is 14.7 Å². The lowest BCUT2D eigenvalue weighted by molar-refractivity contribution is 0.281. The smallest absolute Gasteiger partial charge is 0.510 e. The van der Waals surface area contributed by atoms with Crippen LogP contribution in [0.2, 0.25) is 0 Å². The molecule has 0 radical (unpaired) electrons. The largest absolute Gasteiger partial charge is 0.707 e. The molecule has 0 fully saturated rings. The second-order valence-corrected chi connectivity index (χ2v) is 3.63. The van der Waals surface area contributed by atoms with Gasteiger partial charge in [0.1, 0.15) is 5.75 Å². The van der Waals surface area contributed by atoms with E-state index in [0.717, 1.165) is 19.3 Å². The molecule has 1 aromatic rings. The van der Waals surface area contributed by atoms with Crippen LogP contribution in [0, 0.1) is 5.82 Å². The summed E-state index contributed by atoms with van der Waals surface area (Å²) >= 11 is 0. The van der Waals surface area contributed by atoms with Gasteiger partial charge in [-0.3, -0.25) is 0 Å². The minimum atomic E-state index is -1.99. The summed E-state index contributed by atoms with van der Waals surface area (Å²) < 4.78 is 18.2. The van der Waals surface area contributed by atoms with Crippen molar-refractivity contribution in [3.8, 4) is 5.75 Å².